The van der Waals surface area contributed by atoms with Crippen molar-refractivity contribution in [3.63, 3.8) is 0 Å². The van der Waals surface area contributed by atoms with Gasteiger partial charge in [0.1, 0.15) is 5.60 Å². The van der Waals surface area contributed by atoms with E-state index >= 15 is 0 Å². The molecule has 1 fully saturated rings. The minimum atomic E-state index is -0.613. The van der Waals surface area contributed by atoms with Gasteiger partial charge in [0, 0.05) is 32.4 Å². The van der Waals surface area contributed by atoms with E-state index < -0.39 is 11.7 Å². The molecule has 0 bridgehead atoms. The van der Waals surface area contributed by atoms with Crippen LogP contribution in [0.25, 0.3) is 0 Å². The molecule has 0 spiro atoms. The van der Waals surface area contributed by atoms with Crippen LogP contribution in [0.5, 0.6) is 0 Å². The molecule has 1 aliphatic heterocycles. The van der Waals surface area contributed by atoms with Crippen molar-refractivity contribution in [2.45, 2.75) is 32.3 Å². The van der Waals surface area contributed by atoms with Crippen LogP contribution in [0.1, 0.15) is 26.7 Å². The molecular weight excluding hydrogens is 328 g/mol. The van der Waals surface area contributed by atoms with Crippen LogP contribution in [-0.2, 0) is 9.53 Å². The van der Waals surface area contributed by atoms with Crippen molar-refractivity contribution in [3.05, 3.63) is 11.8 Å². The molecule has 8 heteroatoms. The number of amidine groups is 1. The van der Waals surface area contributed by atoms with Gasteiger partial charge in [0.05, 0.1) is 13.1 Å². The number of hydrogen-bond donors (Lipinski definition) is 1. The second-order valence-corrected chi connectivity index (χ2v) is 7.38. The third-order valence-electron chi connectivity index (χ3n) is 3.50. The highest BCUT2D eigenvalue weighted by atomic mass is 32.2. The number of aliphatic imine (C=N–C) groups is 1. The lowest BCUT2D eigenvalue weighted by atomic mass is 10.0. The molecule has 136 valence electrons. The number of amides is 1. The maximum absolute atomic E-state index is 12.3. The van der Waals surface area contributed by atoms with Crippen LogP contribution in [0.15, 0.2) is 16.8 Å². The van der Waals surface area contributed by atoms with Crippen molar-refractivity contribution < 1.29 is 14.3 Å². The Bertz CT molecular complexity index is 529. The molecule has 0 aromatic heterocycles. The van der Waals surface area contributed by atoms with Gasteiger partial charge in [0.15, 0.2) is 11.0 Å². The van der Waals surface area contributed by atoms with Crippen LogP contribution < -0.4 is 5.73 Å². The summed E-state index contributed by atoms with van der Waals surface area (Å²) in [5, 5.41) is 0.556. The predicted molar refractivity (Wildman–Crippen MR) is 98.1 cm³/mol. The number of carbonyl (C=O) groups excluding carboxylic acids is 2. The standard InChI is InChI=1S/C16H28N4O3S/c1-16(2,7-6-8-18-14(17)24-5)23-15(22)20-10-12(9-19(3)4)13(21)11-20/h9H,6-8,10-11H2,1-5H3,(H2,17,18)/b12-9+. The number of rotatable bonds is 6. The number of Topliss-reactive ketones (excluding diaryl/α,β-unsaturated/α-hetero) is 1. The summed E-state index contributed by atoms with van der Waals surface area (Å²) in [7, 11) is 3.69. The maximum Gasteiger partial charge on any atom is 0.411 e. The largest absolute Gasteiger partial charge is 0.443 e. The summed E-state index contributed by atoms with van der Waals surface area (Å²) in [6.07, 6.45) is 4.61. The molecular formula is C16H28N4O3S. The SMILES string of the molecule is CS/C(N)=N/CCCC(C)(C)OC(=O)N1CC(=O)/C(=C/N(C)C)C1. The summed E-state index contributed by atoms with van der Waals surface area (Å²) < 4.78 is 5.57. The molecule has 0 aromatic carbocycles. The minimum Gasteiger partial charge on any atom is -0.443 e. The number of thioether (sulfide) groups is 1. The highest BCUT2D eigenvalue weighted by molar-refractivity contribution is 8.13. The van der Waals surface area contributed by atoms with E-state index in [0.29, 0.717) is 30.3 Å². The number of ketones is 1. The fraction of sp³-hybridized carbons (Fsp3) is 0.688. The molecule has 7 nitrogen and oxygen atoms in total. The van der Waals surface area contributed by atoms with Gasteiger partial charge < -0.3 is 15.4 Å². The van der Waals surface area contributed by atoms with Crippen molar-refractivity contribution in [2.24, 2.45) is 10.7 Å². The van der Waals surface area contributed by atoms with Gasteiger partial charge in [0.25, 0.3) is 0 Å². The van der Waals surface area contributed by atoms with E-state index in [-0.39, 0.29) is 12.3 Å². The average molecular weight is 356 g/mol. The Hall–Kier alpha value is -1.70. The highest BCUT2D eigenvalue weighted by Crippen LogP contribution is 2.21. The van der Waals surface area contributed by atoms with E-state index in [2.05, 4.69) is 4.99 Å². The molecule has 1 aliphatic rings. The highest BCUT2D eigenvalue weighted by Gasteiger charge is 2.33. The summed E-state index contributed by atoms with van der Waals surface area (Å²) >= 11 is 1.41. The first-order valence-electron chi connectivity index (χ1n) is 7.87. The van der Waals surface area contributed by atoms with Gasteiger partial charge in [0.2, 0.25) is 0 Å². The molecule has 0 unspecified atom stereocenters. The molecule has 0 saturated carbocycles. The predicted octanol–water partition coefficient (Wildman–Crippen LogP) is 1.69. The van der Waals surface area contributed by atoms with E-state index in [1.807, 2.05) is 34.2 Å². The van der Waals surface area contributed by atoms with Gasteiger partial charge in [-0.15, -0.1) is 0 Å². The van der Waals surface area contributed by atoms with E-state index in [4.69, 9.17) is 10.5 Å². The molecule has 0 aliphatic carbocycles. The Kier molecular flexibility index (Phi) is 7.59. The van der Waals surface area contributed by atoms with E-state index in [0.717, 1.165) is 6.42 Å². The maximum atomic E-state index is 12.3. The van der Waals surface area contributed by atoms with Gasteiger partial charge in [-0.05, 0) is 32.9 Å². The third-order valence-corrected chi connectivity index (χ3v) is 4.05. The number of ether oxygens (including phenoxy) is 1. The zero-order valence-corrected chi connectivity index (χ0v) is 16.0. The lowest BCUT2D eigenvalue weighted by Crippen LogP contribution is -2.37. The number of hydrogen-bond acceptors (Lipinski definition) is 6. The van der Waals surface area contributed by atoms with Gasteiger partial charge in [-0.1, -0.05) is 11.8 Å². The molecule has 0 atom stereocenters. The third kappa shape index (κ3) is 6.82. The topological polar surface area (TPSA) is 88.2 Å². The Morgan fingerprint density at radius 2 is 2.12 bits per heavy atom. The second-order valence-electron chi connectivity index (χ2n) is 6.55. The number of nitrogens with zero attached hydrogens (tertiary/aromatic N) is 3. The second kappa shape index (κ2) is 8.96. The Labute approximate surface area is 148 Å². The first-order valence-corrected chi connectivity index (χ1v) is 9.09. The number of likely N-dealkylation sites (tertiary alicyclic amines) is 1. The first-order chi connectivity index (χ1) is 11.1. The zero-order chi connectivity index (χ0) is 18.3. The molecule has 0 aromatic rings. The average Bonchev–Trinajstić information content (AvgIpc) is 2.83. The quantitative estimate of drug-likeness (QED) is 0.337. The van der Waals surface area contributed by atoms with Crippen LogP contribution >= 0.6 is 11.8 Å². The van der Waals surface area contributed by atoms with Gasteiger partial charge in [-0.3, -0.25) is 14.7 Å². The Morgan fingerprint density at radius 1 is 1.46 bits per heavy atom. The lowest BCUT2D eigenvalue weighted by molar-refractivity contribution is -0.114. The first kappa shape index (κ1) is 20.3. The monoisotopic (exact) mass is 356 g/mol. The molecule has 1 heterocycles. The smallest absolute Gasteiger partial charge is 0.411 e. The van der Waals surface area contributed by atoms with Gasteiger partial charge >= 0.3 is 6.09 Å². The van der Waals surface area contributed by atoms with E-state index in [1.54, 1.807) is 11.1 Å². The molecule has 1 rings (SSSR count). The van der Waals surface area contributed by atoms with E-state index in [9.17, 15) is 9.59 Å². The van der Waals surface area contributed by atoms with Gasteiger partial charge in [-0.2, -0.15) is 0 Å². The van der Waals surface area contributed by atoms with Crippen LogP contribution in [0, 0.1) is 0 Å². The fourth-order valence-corrected chi connectivity index (χ4v) is 2.51. The van der Waals surface area contributed by atoms with Gasteiger partial charge in [-0.25, -0.2) is 4.79 Å². The Morgan fingerprint density at radius 3 is 2.71 bits per heavy atom. The van der Waals surface area contributed by atoms with Crippen LogP contribution in [0.4, 0.5) is 4.79 Å². The number of carbonyl (C=O) groups is 2. The summed E-state index contributed by atoms with van der Waals surface area (Å²) in [4.78, 5) is 31.6. The van der Waals surface area contributed by atoms with Crippen molar-refractivity contribution in [1.29, 1.82) is 0 Å². The van der Waals surface area contributed by atoms with Crippen LogP contribution in [0.3, 0.4) is 0 Å². The summed E-state index contributed by atoms with van der Waals surface area (Å²) in [6.45, 7) is 4.69. The van der Waals surface area contributed by atoms with Crippen molar-refractivity contribution in [1.82, 2.24) is 9.80 Å². The molecule has 0 radical (unpaired) electrons. The van der Waals surface area contributed by atoms with Crippen LogP contribution in [0.2, 0.25) is 0 Å². The number of nitrogens with two attached hydrogens (primary N) is 1. The molecule has 1 amide bonds. The Balaban J connectivity index is 2.50. The summed E-state index contributed by atoms with van der Waals surface area (Å²) in [5.41, 5.74) is 5.64. The van der Waals surface area contributed by atoms with Crippen LogP contribution in [-0.4, -0.2) is 72.4 Å². The van der Waals surface area contributed by atoms with E-state index in [1.165, 1.54) is 16.7 Å². The lowest BCUT2D eigenvalue weighted by Gasteiger charge is -2.27. The van der Waals surface area contributed by atoms with Crippen molar-refractivity contribution >= 4 is 28.8 Å². The van der Waals surface area contributed by atoms with Crippen molar-refractivity contribution in [2.75, 3.05) is 40.0 Å². The normalized spacial score (nSPS) is 17.5. The molecule has 2 N–H and O–H groups in total. The fourth-order valence-electron chi connectivity index (χ4n) is 2.29. The minimum absolute atomic E-state index is 0.0414. The molecule has 1 saturated heterocycles. The zero-order valence-electron chi connectivity index (χ0n) is 15.2. The summed E-state index contributed by atoms with van der Waals surface area (Å²) in [5.74, 6) is -0.0414. The summed E-state index contributed by atoms with van der Waals surface area (Å²) in [6, 6.07) is 0. The molecule has 24 heavy (non-hydrogen) atoms. The van der Waals surface area contributed by atoms with Crippen molar-refractivity contribution in [3.8, 4) is 0 Å².